The van der Waals surface area contributed by atoms with Crippen LogP contribution in [-0.4, -0.2) is 0 Å². The first-order valence-electron chi connectivity index (χ1n) is 6.10. The minimum absolute atomic E-state index is 0.853. The molecule has 0 unspecified atom stereocenters. The van der Waals surface area contributed by atoms with Crippen molar-refractivity contribution in [3.8, 4) is 0 Å². The molecule has 0 saturated heterocycles. The zero-order valence-corrected chi connectivity index (χ0v) is 9.50. The Bertz CT molecular complexity index is 239. The molecule has 0 aromatic rings. The topological polar surface area (TPSA) is 0 Å². The Morgan fingerprint density at radius 2 is 1.86 bits per heavy atom. The van der Waals surface area contributed by atoms with Gasteiger partial charge in [-0.3, -0.25) is 0 Å². The monoisotopic (exact) mass is 190 g/mol. The summed E-state index contributed by atoms with van der Waals surface area (Å²) >= 11 is 0. The van der Waals surface area contributed by atoms with Gasteiger partial charge in [-0.15, -0.1) is 0 Å². The van der Waals surface area contributed by atoms with Crippen LogP contribution in [0.2, 0.25) is 0 Å². The van der Waals surface area contributed by atoms with E-state index in [4.69, 9.17) is 0 Å². The molecule has 0 heterocycles. The summed E-state index contributed by atoms with van der Waals surface area (Å²) < 4.78 is 0. The quantitative estimate of drug-likeness (QED) is 0.577. The molecule has 1 fully saturated rings. The molecule has 0 spiro atoms. The molecule has 14 heavy (non-hydrogen) atoms. The van der Waals surface area contributed by atoms with Crippen LogP contribution in [0.5, 0.6) is 0 Å². The van der Waals surface area contributed by atoms with E-state index in [0.717, 1.165) is 17.8 Å². The molecule has 2 aliphatic rings. The van der Waals surface area contributed by atoms with E-state index in [2.05, 4.69) is 32.1 Å². The fraction of sp³-hybridized carbons (Fsp3) is 0.714. The number of hydrogen-bond acceptors (Lipinski definition) is 0. The van der Waals surface area contributed by atoms with Crippen LogP contribution in [0.15, 0.2) is 23.8 Å². The van der Waals surface area contributed by atoms with Gasteiger partial charge in [-0.2, -0.15) is 0 Å². The standard InChI is InChI=1S/C14H22/c1-11-3-7-13(8-4-11)14-9-5-12(2)6-10-14/h3-4,7,12-14H,5-6,8-10H2,1-2H3/t12?,13-,14?/m0/s1. The highest BCUT2D eigenvalue weighted by molar-refractivity contribution is 5.21. The van der Waals surface area contributed by atoms with Gasteiger partial charge in [0.05, 0.1) is 0 Å². The summed E-state index contributed by atoms with van der Waals surface area (Å²) in [4.78, 5) is 0. The Morgan fingerprint density at radius 3 is 2.43 bits per heavy atom. The zero-order valence-electron chi connectivity index (χ0n) is 9.50. The summed E-state index contributed by atoms with van der Waals surface area (Å²) in [6.45, 7) is 4.60. The molecule has 0 bridgehead atoms. The van der Waals surface area contributed by atoms with Crippen LogP contribution < -0.4 is 0 Å². The van der Waals surface area contributed by atoms with Crippen LogP contribution in [0.1, 0.15) is 46.0 Å². The van der Waals surface area contributed by atoms with Gasteiger partial charge in [-0.05, 0) is 43.9 Å². The predicted octanol–water partition coefficient (Wildman–Crippen LogP) is 4.34. The highest BCUT2D eigenvalue weighted by atomic mass is 14.3. The first-order valence-corrected chi connectivity index (χ1v) is 6.10. The lowest BCUT2D eigenvalue weighted by atomic mass is 9.74. The molecule has 0 aliphatic heterocycles. The molecule has 78 valence electrons. The summed E-state index contributed by atoms with van der Waals surface area (Å²) in [7, 11) is 0. The van der Waals surface area contributed by atoms with Crippen LogP contribution in [0.3, 0.4) is 0 Å². The van der Waals surface area contributed by atoms with Crippen LogP contribution >= 0.6 is 0 Å². The third kappa shape index (κ3) is 2.29. The zero-order chi connectivity index (χ0) is 9.97. The van der Waals surface area contributed by atoms with Crippen LogP contribution in [0.25, 0.3) is 0 Å². The Balaban J connectivity index is 1.88. The number of hydrogen-bond donors (Lipinski definition) is 0. The minimum atomic E-state index is 0.853. The Morgan fingerprint density at radius 1 is 1.14 bits per heavy atom. The van der Waals surface area contributed by atoms with E-state index in [-0.39, 0.29) is 0 Å². The maximum atomic E-state index is 2.45. The molecular formula is C14H22. The molecule has 0 nitrogen and oxygen atoms in total. The van der Waals surface area contributed by atoms with Crippen molar-refractivity contribution < 1.29 is 0 Å². The lowest BCUT2D eigenvalue weighted by Gasteiger charge is -2.31. The van der Waals surface area contributed by atoms with Gasteiger partial charge < -0.3 is 0 Å². The van der Waals surface area contributed by atoms with Crippen molar-refractivity contribution in [3.05, 3.63) is 23.8 Å². The molecule has 0 amide bonds. The van der Waals surface area contributed by atoms with Gasteiger partial charge >= 0.3 is 0 Å². The van der Waals surface area contributed by atoms with Crippen molar-refractivity contribution in [2.45, 2.75) is 46.0 Å². The van der Waals surface area contributed by atoms with E-state index in [1.54, 1.807) is 0 Å². The van der Waals surface area contributed by atoms with Gasteiger partial charge in [-0.1, -0.05) is 43.6 Å². The molecule has 2 aliphatic carbocycles. The van der Waals surface area contributed by atoms with Crippen molar-refractivity contribution in [2.75, 3.05) is 0 Å². The Kier molecular flexibility index (Phi) is 3.10. The second-order valence-electron chi connectivity index (χ2n) is 5.23. The normalized spacial score (nSPS) is 38.1. The molecule has 0 heteroatoms. The molecule has 0 N–H and O–H groups in total. The highest BCUT2D eigenvalue weighted by Gasteiger charge is 2.24. The van der Waals surface area contributed by atoms with E-state index >= 15 is 0 Å². The van der Waals surface area contributed by atoms with Gasteiger partial charge in [0, 0.05) is 0 Å². The van der Waals surface area contributed by atoms with Crippen LogP contribution in [0, 0.1) is 17.8 Å². The van der Waals surface area contributed by atoms with Gasteiger partial charge in [0.2, 0.25) is 0 Å². The van der Waals surface area contributed by atoms with E-state index in [1.807, 2.05) is 0 Å². The second-order valence-corrected chi connectivity index (χ2v) is 5.23. The van der Waals surface area contributed by atoms with Crippen molar-refractivity contribution in [1.82, 2.24) is 0 Å². The maximum absolute atomic E-state index is 2.45. The fourth-order valence-electron chi connectivity index (χ4n) is 2.81. The molecular weight excluding hydrogens is 168 g/mol. The SMILES string of the molecule is CC1=CC[C@@H](C2CCC(C)CC2)C=C1. The largest absolute Gasteiger partial charge is 0.0810 e. The average Bonchev–Trinajstić information content (AvgIpc) is 2.21. The molecule has 2 rings (SSSR count). The summed E-state index contributed by atoms with van der Waals surface area (Å²) in [5.41, 5.74) is 1.45. The molecule has 0 radical (unpaired) electrons. The summed E-state index contributed by atoms with van der Waals surface area (Å²) in [6.07, 6.45) is 14.3. The average molecular weight is 190 g/mol. The van der Waals surface area contributed by atoms with Crippen LogP contribution in [-0.2, 0) is 0 Å². The smallest absolute Gasteiger partial charge is 0.0167 e. The lowest BCUT2D eigenvalue weighted by Crippen LogP contribution is -2.20. The van der Waals surface area contributed by atoms with E-state index in [0.29, 0.717) is 0 Å². The Labute approximate surface area is 88.1 Å². The summed E-state index contributed by atoms with van der Waals surface area (Å²) in [6, 6.07) is 0. The molecule has 0 aromatic carbocycles. The predicted molar refractivity (Wildman–Crippen MR) is 62.1 cm³/mol. The lowest BCUT2D eigenvalue weighted by molar-refractivity contribution is 0.239. The molecule has 0 aromatic heterocycles. The number of allylic oxidation sites excluding steroid dienone is 4. The minimum Gasteiger partial charge on any atom is -0.0810 e. The van der Waals surface area contributed by atoms with Crippen molar-refractivity contribution >= 4 is 0 Å². The van der Waals surface area contributed by atoms with Crippen molar-refractivity contribution in [2.24, 2.45) is 17.8 Å². The van der Waals surface area contributed by atoms with Gasteiger partial charge in [-0.25, -0.2) is 0 Å². The third-order valence-corrected chi connectivity index (χ3v) is 3.98. The van der Waals surface area contributed by atoms with Gasteiger partial charge in [0.25, 0.3) is 0 Å². The van der Waals surface area contributed by atoms with E-state index in [1.165, 1.54) is 37.7 Å². The first-order chi connectivity index (χ1) is 6.75. The number of rotatable bonds is 1. The van der Waals surface area contributed by atoms with Gasteiger partial charge in [0.1, 0.15) is 0 Å². The maximum Gasteiger partial charge on any atom is -0.0167 e. The third-order valence-electron chi connectivity index (χ3n) is 3.98. The first kappa shape index (κ1) is 10.0. The van der Waals surface area contributed by atoms with Gasteiger partial charge in [0.15, 0.2) is 0 Å². The second kappa shape index (κ2) is 4.33. The van der Waals surface area contributed by atoms with E-state index < -0.39 is 0 Å². The van der Waals surface area contributed by atoms with Crippen LogP contribution in [0.4, 0.5) is 0 Å². The fourth-order valence-corrected chi connectivity index (χ4v) is 2.81. The highest BCUT2D eigenvalue weighted by Crippen LogP contribution is 2.36. The summed E-state index contributed by atoms with van der Waals surface area (Å²) in [5, 5.41) is 0. The van der Waals surface area contributed by atoms with Crippen molar-refractivity contribution in [1.29, 1.82) is 0 Å². The summed E-state index contributed by atoms with van der Waals surface area (Å²) in [5.74, 6) is 2.81. The molecule has 1 atom stereocenters. The molecule has 1 saturated carbocycles. The van der Waals surface area contributed by atoms with Crippen molar-refractivity contribution in [3.63, 3.8) is 0 Å². The van der Waals surface area contributed by atoms with E-state index in [9.17, 15) is 0 Å². The Hall–Kier alpha value is -0.520.